The van der Waals surface area contributed by atoms with Crippen molar-refractivity contribution in [1.29, 1.82) is 0 Å². The summed E-state index contributed by atoms with van der Waals surface area (Å²) in [7, 11) is 1.81. The number of hydrogen-bond donors (Lipinski definition) is 2. The lowest BCUT2D eigenvalue weighted by atomic mass is 10.0. The van der Waals surface area contributed by atoms with Crippen molar-refractivity contribution in [3.63, 3.8) is 0 Å². The van der Waals surface area contributed by atoms with Crippen molar-refractivity contribution in [1.82, 2.24) is 25.4 Å². The molecule has 2 heterocycles. The smallest absolute Gasteiger partial charge is 0.191 e. The lowest BCUT2D eigenvalue weighted by Crippen LogP contribution is -2.40. The van der Waals surface area contributed by atoms with Crippen LogP contribution in [0.1, 0.15) is 54.9 Å². The average Bonchev–Trinajstić information content (AvgIpc) is 2.91. The van der Waals surface area contributed by atoms with Crippen LogP contribution < -0.4 is 10.6 Å². The van der Waals surface area contributed by atoms with E-state index in [1.807, 2.05) is 7.05 Å². The summed E-state index contributed by atoms with van der Waals surface area (Å²) in [6, 6.07) is 8.74. The zero-order valence-electron chi connectivity index (χ0n) is 17.2. The van der Waals surface area contributed by atoms with Gasteiger partial charge in [0.25, 0.3) is 0 Å². The van der Waals surface area contributed by atoms with Gasteiger partial charge < -0.3 is 15.2 Å². The fourth-order valence-electron chi connectivity index (χ4n) is 3.51. The first kappa shape index (κ1) is 22.6. The fourth-order valence-corrected chi connectivity index (χ4v) is 3.51. The van der Waals surface area contributed by atoms with Crippen LogP contribution in [-0.4, -0.2) is 40.9 Å². The molecule has 0 saturated heterocycles. The molecule has 1 unspecified atom stereocenters. The van der Waals surface area contributed by atoms with Crippen LogP contribution in [0.2, 0.25) is 0 Å². The van der Waals surface area contributed by atoms with Crippen LogP contribution in [-0.2, 0) is 19.4 Å². The van der Waals surface area contributed by atoms with Gasteiger partial charge in [0, 0.05) is 39.5 Å². The number of hydrogen-bond acceptors (Lipinski definition) is 3. The van der Waals surface area contributed by atoms with E-state index in [0.29, 0.717) is 5.92 Å². The monoisotopic (exact) mass is 496 g/mol. The first-order chi connectivity index (χ1) is 13.2. The molecule has 0 spiro atoms. The number of aliphatic imine (C=N–C) groups is 1. The average molecular weight is 496 g/mol. The summed E-state index contributed by atoms with van der Waals surface area (Å²) < 4.78 is 2.31. The molecule has 0 saturated carbocycles. The SMILES string of the molecule is CN=C(NCCc1nnc2n1CCCCC2)NCC(C)c1ccc(C)cc1.I. The van der Waals surface area contributed by atoms with Gasteiger partial charge >= 0.3 is 0 Å². The first-order valence-corrected chi connectivity index (χ1v) is 10.1. The van der Waals surface area contributed by atoms with Gasteiger partial charge in [-0.25, -0.2) is 0 Å². The summed E-state index contributed by atoms with van der Waals surface area (Å²) in [5.74, 6) is 3.50. The highest BCUT2D eigenvalue weighted by Gasteiger charge is 2.14. The van der Waals surface area contributed by atoms with Crippen molar-refractivity contribution in [2.75, 3.05) is 20.1 Å². The summed E-state index contributed by atoms with van der Waals surface area (Å²) in [5, 5.41) is 15.6. The molecule has 0 bridgehead atoms. The Hall–Kier alpha value is -1.64. The molecule has 0 amide bonds. The van der Waals surface area contributed by atoms with Gasteiger partial charge in [-0.3, -0.25) is 4.99 Å². The Morgan fingerprint density at radius 1 is 1.14 bits per heavy atom. The number of benzene rings is 1. The third-order valence-electron chi connectivity index (χ3n) is 5.27. The molecule has 2 N–H and O–H groups in total. The van der Waals surface area contributed by atoms with Crippen molar-refractivity contribution in [3.8, 4) is 0 Å². The molecule has 0 radical (unpaired) electrons. The minimum Gasteiger partial charge on any atom is -0.356 e. The number of fused-ring (bicyclic) bond motifs is 1. The van der Waals surface area contributed by atoms with Gasteiger partial charge in [-0.2, -0.15) is 0 Å². The van der Waals surface area contributed by atoms with Crippen LogP contribution in [0.3, 0.4) is 0 Å². The highest BCUT2D eigenvalue weighted by molar-refractivity contribution is 14.0. The summed E-state index contributed by atoms with van der Waals surface area (Å²) in [4.78, 5) is 4.34. The Balaban J connectivity index is 0.00000280. The van der Waals surface area contributed by atoms with Gasteiger partial charge in [-0.1, -0.05) is 43.2 Å². The first-order valence-electron chi connectivity index (χ1n) is 10.1. The quantitative estimate of drug-likeness (QED) is 0.366. The van der Waals surface area contributed by atoms with Gasteiger partial charge in [-0.15, -0.1) is 34.2 Å². The summed E-state index contributed by atoms with van der Waals surface area (Å²) in [6.45, 7) is 7.06. The van der Waals surface area contributed by atoms with Crippen LogP contribution in [0, 0.1) is 6.92 Å². The van der Waals surface area contributed by atoms with Crippen LogP contribution in [0.5, 0.6) is 0 Å². The molecule has 154 valence electrons. The van der Waals surface area contributed by atoms with Crippen LogP contribution >= 0.6 is 24.0 Å². The maximum Gasteiger partial charge on any atom is 0.191 e. The van der Waals surface area contributed by atoms with E-state index in [9.17, 15) is 0 Å². The number of aromatic nitrogens is 3. The fraction of sp³-hybridized carbons (Fsp3) is 0.571. The molecular formula is C21H33IN6. The van der Waals surface area contributed by atoms with Gasteiger partial charge in [0.1, 0.15) is 11.6 Å². The summed E-state index contributed by atoms with van der Waals surface area (Å²) in [6.07, 6.45) is 5.66. The number of rotatable bonds is 6. The third-order valence-corrected chi connectivity index (χ3v) is 5.27. The van der Waals surface area contributed by atoms with Crippen molar-refractivity contribution < 1.29 is 0 Å². The third kappa shape index (κ3) is 6.18. The van der Waals surface area contributed by atoms with E-state index < -0.39 is 0 Å². The molecule has 0 fully saturated rings. The molecular weight excluding hydrogens is 463 g/mol. The van der Waals surface area contributed by atoms with Crippen LogP contribution in [0.15, 0.2) is 29.3 Å². The van der Waals surface area contributed by atoms with Crippen molar-refractivity contribution >= 4 is 29.9 Å². The van der Waals surface area contributed by atoms with E-state index in [2.05, 4.69) is 68.5 Å². The Kier molecular flexibility index (Phi) is 9.21. The van der Waals surface area contributed by atoms with Gasteiger partial charge in [0.05, 0.1) is 0 Å². The van der Waals surface area contributed by atoms with Crippen molar-refractivity contribution in [3.05, 3.63) is 47.0 Å². The molecule has 0 aliphatic carbocycles. The van der Waals surface area contributed by atoms with E-state index in [1.54, 1.807) is 0 Å². The van der Waals surface area contributed by atoms with E-state index in [0.717, 1.165) is 50.1 Å². The lowest BCUT2D eigenvalue weighted by molar-refractivity contribution is 0.599. The Morgan fingerprint density at radius 2 is 1.93 bits per heavy atom. The minimum absolute atomic E-state index is 0. The van der Waals surface area contributed by atoms with Crippen molar-refractivity contribution in [2.45, 2.75) is 58.4 Å². The molecule has 1 aromatic heterocycles. The number of guanidine groups is 1. The van der Waals surface area contributed by atoms with E-state index >= 15 is 0 Å². The van der Waals surface area contributed by atoms with E-state index in [1.165, 1.54) is 30.4 Å². The second kappa shape index (κ2) is 11.4. The normalized spacial score (nSPS) is 15.2. The number of aryl methyl sites for hydroxylation is 2. The molecule has 1 aromatic carbocycles. The molecule has 2 aromatic rings. The molecule has 1 atom stereocenters. The molecule has 1 aliphatic rings. The van der Waals surface area contributed by atoms with Gasteiger partial charge in [-0.05, 0) is 31.2 Å². The molecule has 6 nitrogen and oxygen atoms in total. The second-order valence-electron chi connectivity index (χ2n) is 7.44. The summed E-state index contributed by atoms with van der Waals surface area (Å²) >= 11 is 0. The van der Waals surface area contributed by atoms with E-state index in [-0.39, 0.29) is 24.0 Å². The lowest BCUT2D eigenvalue weighted by Gasteiger charge is -2.16. The minimum atomic E-state index is 0. The number of nitrogens with one attached hydrogen (secondary N) is 2. The largest absolute Gasteiger partial charge is 0.356 e. The van der Waals surface area contributed by atoms with Crippen LogP contribution in [0.25, 0.3) is 0 Å². The van der Waals surface area contributed by atoms with E-state index in [4.69, 9.17) is 0 Å². The van der Waals surface area contributed by atoms with Gasteiger partial charge in [0.15, 0.2) is 5.96 Å². The highest BCUT2D eigenvalue weighted by Crippen LogP contribution is 2.15. The molecule has 7 heteroatoms. The Labute approximate surface area is 185 Å². The summed E-state index contributed by atoms with van der Waals surface area (Å²) in [5.41, 5.74) is 2.64. The van der Waals surface area contributed by atoms with Gasteiger partial charge in [0.2, 0.25) is 0 Å². The zero-order chi connectivity index (χ0) is 19.1. The van der Waals surface area contributed by atoms with Crippen LogP contribution in [0.4, 0.5) is 0 Å². The predicted molar refractivity (Wildman–Crippen MR) is 126 cm³/mol. The maximum absolute atomic E-state index is 4.40. The molecule has 1 aliphatic heterocycles. The highest BCUT2D eigenvalue weighted by atomic mass is 127. The topological polar surface area (TPSA) is 67.1 Å². The number of nitrogens with zero attached hydrogens (tertiary/aromatic N) is 4. The molecule has 28 heavy (non-hydrogen) atoms. The predicted octanol–water partition coefficient (Wildman–Crippen LogP) is 3.44. The second-order valence-corrected chi connectivity index (χ2v) is 7.44. The maximum atomic E-state index is 4.40. The Morgan fingerprint density at radius 3 is 2.68 bits per heavy atom. The molecule has 3 rings (SSSR count). The zero-order valence-corrected chi connectivity index (χ0v) is 19.6. The van der Waals surface area contributed by atoms with Crippen molar-refractivity contribution in [2.24, 2.45) is 4.99 Å². The number of halogens is 1. The standard InChI is InChI=1S/C21H32N6.HI/c1-16-8-10-18(11-9-16)17(2)15-24-21(22-3)23-13-12-20-26-25-19-7-5-4-6-14-27(19)20;/h8-11,17H,4-7,12-15H2,1-3H3,(H2,22,23,24);1H. The Bertz CT molecular complexity index is 753.